The third-order valence-corrected chi connectivity index (χ3v) is 6.03. The van der Waals surface area contributed by atoms with Gasteiger partial charge in [-0.05, 0) is 55.0 Å². The van der Waals surface area contributed by atoms with Crippen LogP contribution in [0.4, 0.5) is 15.8 Å². The standard InChI is InChI=1S/C22H20ClFN2O4S/c1-2-20(30-21-10-6-4-8-18(21)24)22(27)25-15-11-13-16(14-12-15)31(28,29)26-19-9-5-3-7-17(19)23/h3-14,20,26H,2H2,1H3,(H,25,27)/t20-/m0/s1. The molecular formula is C22H20ClFN2O4S. The van der Waals surface area contributed by atoms with Crippen LogP contribution in [0.25, 0.3) is 0 Å². The van der Waals surface area contributed by atoms with Crippen LogP contribution in [0.15, 0.2) is 77.7 Å². The van der Waals surface area contributed by atoms with E-state index >= 15 is 0 Å². The van der Waals surface area contributed by atoms with E-state index in [1.165, 1.54) is 42.5 Å². The van der Waals surface area contributed by atoms with E-state index in [2.05, 4.69) is 10.0 Å². The molecule has 0 saturated carbocycles. The molecule has 3 aromatic rings. The molecule has 0 unspecified atom stereocenters. The number of hydrogen-bond donors (Lipinski definition) is 2. The third-order valence-electron chi connectivity index (χ3n) is 4.32. The van der Waals surface area contributed by atoms with Crippen LogP contribution in [-0.4, -0.2) is 20.4 Å². The number of nitrogens with one attached hydrogen (secondary N) is 2. The molecule has 0 aliphatic carbocycles. The highest BCUT2D eigenvalue weighted by Crippen LogP contribution is 2.25. The Morgan fingerprint density at radius 3 is 2.32 bits per heavy atom. The number of para-hydroxylation sites is 2. The van der Waals surface area contributed by atoms with Crippen LogP contribution in [0.1, 0.15) is 13.3 Å². The Bertz CT molecular complexity index is 1170. The monoisotopic (exact) mass is 462 g/mol. The first kappa shape index (κ1) is 22.6. The first-order valence-electron chi connectivity index (χ1n) is 9.39. The summed E-state index contributed by atoms with van der Waals surface area (Å²) in [6.45, 7) is 1.74. The molecule has 9 heteroatoms. The fourth-order valence-electron chi connectivity index (χ4n) is 2.70. The average Bonchev–Trinajstić information content (AvgIpc) is 2.75. The Labute approximate surface area is 185 Å². The van der Waals surface area contributed by atoms with Gasteiger partial charge in [0.1, 0.15) is 0 Å². The largest absolute Gasteiger partial charge is 0.478 e. The molecule has 0 spiro atoms. The zero-order valence-electron chi connectivity index (χ0n) is 16.5. The Morgan fingerprint density at radius 1 is 1.03 bits per heavy atom. The van der Waals surface area contributed by atoms with Gasteiger partial charge in [-0.2, -0.15) is 0 Å². The van der Waals surface area contributed by atoms with Gasteiger partial charge < -0.3 is 10.1 Å². The van der Waals surface area contributed by atoms with Gasteiger partial charge in [-0.25, -0.2) is 12.8 Å². The van der Waals surface area contributed by atoms with Gasteiger partial charge in [0.2, 0.25) is 0 Å². The third kappa shape index (κ3) is 5.74. The van der Waals surface area contributed by atoms with Gasteiger partial charge >= 0.3 is 0 Å². The van der Waals surface area contributed by atoms with Crippen molar-refractivity contribution in [2.75, 3.05) is 10.0 Å². The number of hydrogen-bond acceptors (Lipinski definition) is 4. The van der Waals surface area contributed by atoms with Crippen LogP contribution in [0, 0.1) is 5.82 Å². The molecule has 0 fully saturated rings. The smallest absolute Gasteiger partial charge is 0.265 e. The molecule has 0 radical (unpaired) electrons. The van der Waals surface area contributed by atoms with Gasteiger partial charge in [-0.3, -0.25) is 9.52 Å². The molecule has 0 heterocycles. The van der Waals surface area contributed by atoms with Crippen LogP contribution < -0.4 is 14.8 Å². The van der Waals surface area contributed by atoms with Gasteiger partial charge in [0.05, 0.1) is 15.6 Å². The SMILES string of the molecule is CC[C@H](Oc1ccccc1F)C(=O)Nc1ccc(S(=O)(=O)Nc2ccccc2Cl)cc1. The molecule has 3 rings (SSSR count). The maximum atomic E-state index is 13.8. The van der Waals surface area contributed by atoms with Crippen molar-refractivity contribution in [3.05, 3.63) is 83.6 Å². The second kappa shape index (κ2) is 9.80. The molecule has 0 bridgehead atoms. The first-order valence-corrected chi connectivity index (χ1v) is 11.3. The topological polar surface area (TPSA) is 84.5 Å². The van der Waals surface area contributed by atoms with Crippen LogP contribution >= 0.6 is 11.6 Å². The highest BCUT2D eigenvalue weighted by atomic mass is 35.5. The van der Waals surface area contributed by atoms with Crippen LogP contribution in [0.2, 0.25) is 5.02 Å². The Morgan fingerprint density at radius 2 is 1.68 bits per heavy atom. The zero-order chi connectivity index (χ0) is 22.4. The fraction of sp³-hybridized carbons (Fsp3) is 0.136. The molecule has 6 nitrogen and oxygen atoms in total. The van der Waals surface area contributed by atoms with Gasteiger partial charge in [-0.15, -0.1) is 0 Å². The quantitative estimate of drug-likeness (QED) is 0.489. The highest BCUT2D eigenvalue weighted by Gasteiger charge is 2.21. The number of amides is 1. The summed E-state index contributed by atoms with van der Waals surface area (Å²) in [6.07, 6.45) is -0.601. The molecule has 0 saturated heterocycles. The predicted molar refractivity (Wildman–Crippen MR) is 118 cm³/mol. The predicted octanol–water partition coefficient (Wildman–Crippen LogP) is 5.08. The lowest BCUT2D eigenvalue weighted by Crippen LogP contribution is -2.32. The summed E-state index contributed by atoms with van der Waals surface area (Å²) in [4.78, 5) is 12.5. The molecule has 31 heavy (non-hydrogen) atoms. The summed E-state index contributed by atoms with van der Waals surface area (Å²) in [5.74, 6) is -1.05. The number of sulfonamides is 1. The van der Waals surface area contributed by atoms with Crippen molar-refractivity contribution < 1.29 is 22.3 Å². The summed E-state index contributed by atoms with van der Waals surface area (Å²) < 4.78 is 46.8. The Hall–Kier alpha value is -3.10. The van der Waals surface area contributed by atoms with E-state index in [9.17, 15) is 17.6 Å². The van der Waals surface area contributed by atoms with Crippen LogP contribution in [0.5, 0.6) is 5.75 Å². The number of benzene rings is 3. The zero-order valence-corrected chi connectivity index (χ0v) is 18.1. The molecule has 0 aliphatic rings. The van der Waals surface area contributed by atoms with Crippen molar-refractivity contribution in [3.8, 4) is 5.75 Å². The van der Waals surface area contributed by atoms with E-state index in [1.54, 1.807) is 37.3 Å². The second-order valence-corrected chi connectivity index (χ2v) is 8.63. The molecule has 162 valence electrons. The van der Waals surface area contributed by atoms with E-state index in [-0.39, 0.29) is 21.4 Å². The maximum absolute atomic E-state index is 13.8. The first-order chi connectivity index (χ1) is 14.8. The number of ether oxygens (including phenoxy) is 1. The van der Waals surface area contributed by atoms with Crippen molar-refractivity contribution in [3.63, 3.8) is 0 Å². The summed E-state index contributed by atoms with van der Waals surface area (Å²) in [5, 5.41) is 2.92. The minimum absolute atomic E-state index is 0.0000619. The number of halogens is 2. The molecular weight excluding hydrogens is 443 g/mol. The number of anilines is 2. The average molecular weight is 463 g/mol. The van der Waals surface area contributed by atoms with E-state index in [4.69, 9.17) is 16.3 Å². The number of carbonyl (C=O) groups excluding carboxylic acids is 1. The molecule has 0 aromatic heterocycles. The second-order valence-electron chi connectivity index (χ2n) is 6.54. The lowest BCUT2D eigenvalue weighted by atomic mass is 10.2. The maximum Gasteiger partial charge on any atom is 0.265 e. The van der Waals surface area contributed by atoms with Crippen molar-refractivity contribution >= 4 is 38.9 Å². The van der Waals surface area contributed by atoms with E-state index in [0.29, 0.717) is 12.1 Å². The minimum atomic E-state index is -3.86. The van der Waals surface area contributed by atoms with Crippen LogP contribution in [-0.2, 0) is 14.8 Å². The van der Waals surface area contributed by atoms with Gasteiger partial charge in [0, 0.05) is 5.69 Å². The van der Waals surface area contributed by atoms with Crippen LogP contribution in [0.3, 0.4) is 0 Å². The van der Waals surface area contributed by atoms with Gasteiger partial charge in [0.15, 0.2) is 17.7 Å². The molecule has 3 aromatic carbocycles. The molecule has 1 atom stereocenters. The lowest BCUT2D eigenvalue weighted by Gasteiger charge is -2.18. The summed E-state index contributed by atoms with van der Waals surface area (Å²) in [6, 6.07) is 17.9. The minimum Gasteiger partial charge on any atom is -0.478 e. The Balaban J connectivity index is 1.68. The van der Waals surface area contributed by atoms with E-state index in [0.717, 1.165) is 0 Å². The fourth-order valence-corrected chi connectivity index (χ4v) is 4.02. The van der Waals surface area contributed by atoms with Gasteiger partial charge in [0.25, 0.3) is 15.9 Å². The summed E-state index contributed by atoms with van der Waals surface area (Å²) in [7, 11) is -3.86. The molecule has 0 aliphatic heterocycles. The van der Waals surface area contributed by atoms with Crippen molar-refractivity contribution in [1.82, 2.24) is 0 Å². The van der Waals surface area contributed by atoms with Crippen molar-refractivity contribution in [2.45, 2.75) is 24.3 Å². The van der Waals surface area contributed by atoms with Crippen molar-refractivity contribution in [2.24, 2.45) is 0 Å². The lowest BCUT2D eigenvalue weighted by molar-refractivity contribution is -0.122. The number of carbonyl (C=O) groups is 1. The summed E-state index contributed by atoms with van der Waals surface area (Å²) >= 11 is 6.00. The van der Waals surface area contributed by atoms with E-state index in [1.807, 2.05) is 0 Å². The normalized spacial score (nSPS) is 12.1. The van der Waals surface area contributed by atoms with E-state index < -0.39 is 27.9 Å². The number of rotatable bonds is 8. The Kier molecular flexibility index (Phi) is 7.14. The highest BCUT2D eigenvalue weighted by molar-refractivity contribution is 7.92. The molecule has 1 amide bonds. The van der Waals surface area contributed by atoms with Crippen molar-refractivity contribution in [1.29, 1.82) is 0 Å². The summed E-state index contributed by atoms with van der Waals surface area (Å²) in [5.41, 5.74) is 0.634. The van der Waals surface area contributed by atoms with Gasteiger partial charge in [-0.1, -0.05) is 42.8 Å². The molecule has 2 N–H and O–H groups in total.